The number of hydrogen-bond acceptors (Lipinski definition) is 4. The number of aliphatic hydroxyl groups is 1. The standard InChI is InChI=1S/C10H12BrNO4/c1-7-3-2-4-9(12(14)15)10(7)16-6-8(13)5-11/h2-4,8,13H,5-6H2,1H3. The smallest absolute Gasteiger partial charge is 0.311 e. The van der Waals surface area contributed by atoms with E-state index in [1.807, 2.05) is 0 Å². The van der Waals surface area contributed by atoms with E-state index in [2.05, 4.69) is 15.9 Å². The lowest BCUT2D eigenvalue weighted by molar-refractivity contribution is -0.386. The van der Waals surface area contributed by atoms with Crippen molar-refractivity contribution in [3.05, 3.63) is 33.9 Å². The lowest BCUT2D eigenvalue weighted by atomic mass is 10.2. The quantitative estimate of drug-likeness (QED) is 0.511. The number of aliphatic hydroxyl groups excluding tert-OH is 1. The Kier molecular flexibility index (Phi) is 4.70. The maximum absolute atomic E-state index is 10.7. The normalized spacial score (nSPS) is 12.2. The molecule has 0 fully saturated rings. The first-order valence-electron chi connectivity index (χ1n) is 4.67. The van der Waals surface area contributed by atoms with E-state index < -0.39 is 11.0 Å². The van der Waals surface area contributed by atoms with Crippen molar-refractivity contribution in [1.29, 1.82) is 0 Å². The van der Waals surface area contributed by atoms with Gasteiger partial charge in [0.05, 0.1) is 11.0 Å². The second kappa shape index (κ2) is 5.81. The highest BCUT2D eigenvalue weighted by atomic mass is 79.9. The van der Waals surface area contributed by atoms with E-state index in [1.165, 1.54) is 6.07 Å². The molecule has 16 heavy (non-hydrogen) atoms. The second-order valence-electron chi connectivity index (χ2n) is 3.30. The fourth-order valence-corrected chi connectivity index (χ4v) is 1.38. The fourth-order valence-electron chi connectivity index (χ4n) is 1.19. The highest BCUT2D eigenvalue weighted by Gasteiger charge is 2.17. The van der Waals surface area contributed by atoms with Gasteiger partial charge in [0, 0.05) is 11.4 Å². The van der Waals surface area contributed by atoms with Crippen LogP contribution in [-0.2, 0) is 0 Å². The van der Waals surface area contributed by atoms with Crippen molar-refractivity contribution in [2.45, 2.75) is 13.0 Å². The molecule has 0 aromatic heterocycles. The van der Waals surface area contributed by atoms with Crippen LogP contribution in [0.15, 0.2) is 18.2 Å². The van der Waals surface area contributed by atoms with Crippen LogP contribution in [0, 0.1) is 17.0 Å². The van der Waals surface area contributed by atoms with Gasteiger partial charge in [-0.15, -0.1) is 0 Å². The number of nitrogens with zero attached hydrogens (tertiary/aromatic N) is 1. The maximum atomic E-state index is 10.7. The van der Waals surface area contributed by atoms with Gasteiger partial charge in [-0.1, -0.05) is 28.1 Å². The third kappa shape index (κ3) is 3.18. The predicted octanol–water partition coefficient (Wildman–Crippen LogP) is 2.04. The molecule has 1 aromatic rings. The minimum atomic E-state index is -0.681. The Labute approximate surface area is 101 Å². The Morgan fingerprint density at radius 3 is 2.88 bits per heavy atom. The van der Waals surface area contributed by atoms with Crippen LogP contribution in [0.25, 0.3) is 0 Å². The molecule has 0 radical (unpaired) electrons. The molecule has 1 aromatic carbocycles. The SMILES string of the molecule is Cc1cccc([N+](=O)[O-])c1OCC(O)CBr. The summed E-state index contributed by atoms with van der Waals surface area (Å²) < 4.78 is 5.26. The van der Waals surface area contributed by atoms with Crippen molar-refractivity contribution >= 4 is 21.6 Å². The first-order valence-corrected chi connectivity index (χ1v) is 5.79. The zero-order chi connectivity index (χ0) is 12.1. The van der Waals surface area contributed by atoms with Crippen molar-refractivity contribution in [2.24, 2.45) is 0 Å². The molecule has 5 nitrogen and oxygen atoms in total. The van der Waals surface area contributed by atoms with Crippen LogP contribution in [0.2, 0.25) is 0 Å². The van der Waals surface area contributed by atoms with Crippen LogP contribution < -0.4 is 4.74 Å². The van der Waals surface area contributed by atoms with Gasteiger partial charge >= 0.3 is 5.69 Å². The summed E-state index contributed by atoms with van der Waals surface area (Å²) in [6.45, 7) is 1.75. The van der Waals surface area contributed by atoms with Crippen LogP contribution in [-0.4, -0.2) is 28.1 Å². The fraction of sp³-hybridized carbons (Fsp3) is 0.400. The summed E-state index contributed by atoms with van der Waals surface area (Å²) in [4.78, 5) is 10.2. The first-order chi connectivity index (χ1) is 7.56. The lowest BCUT2D eigenvalue weighted by Gasteiger charge is -2.11. The zero-order valence-electron chi connectivity index (χ0n) is 8.72. The summed E-state index contributed by atoms with van der Waals surface area (Å²) in [5, 5.41) is 20.4. The number of nitro benzene ring substituents is 1. The van der Waals surface area contributed by atoms with Gasteiger partial charge in [-0.25, -0.2) is 0 Å². The third-order valence-electron chi connectivity index (χ3n) is 1.99. The minimum absolute atomic E-state index is 0.0247. The van der Waals surface area contributed by atoms with E-state index in [1.54, 1.807) is 19.1 Å². The van der Waals surface area contributed by atoms with Gasteiger partial charge in [-0.05, 0) is 12.5 Å². The first kappa shape index (κ1) is 12.9. The number of hydrogen-bond donors (Lipinski definition) is 1. The molecule has 88 valence electrons. The maximum Gasteiger partial charge on any atom is 0.311 e. The Balaban J connectivity index is 2.88. The van der Waals surface area contributed by atoms with E-state index in [0.29, 0.717) is 10.9 Å². The molecule has 0 aliphatic heterocycles. The van der Waals surface area contributed by atoms with Crippen LogP contribution in [0.4, 0.5) is 5.69 Å². The average Bonchev–Trinajstić information content (AvgIpc) is 2.26. The molecule has 0 bridgehead atoms. The summed E-state index contributed by atoms with van der Waals surface area (Å²) in [6, 6.07) is 4.70. The van der Waals surface area contributed by atoms with Gasteiger partial charge in [-0.3, -0.25) is 10.1 Å². The number of para-hydroxylation sites is 1. The molecule has 0 aliphatic rings. The zero-order valence-corrected chi connectivity index (χ0v) is 10.3. The minimum Gasteiger partial charge on any atom is -0.484 e. The number of halogens is 1. The molecule has 1 N–H and O–H groups in total. The molecule has 0 heterocycles. The highest BCUT2D eigenvalue weighted by molar-refractivity contribution is 9.09. The van der Waals surface area contributed by atoms with Gasteiger partial charge in [0.2, 0.25) is 0 Å². The molecular weight excluding hydrogens is 278 g/mol. The molecule has 0 spiro atoms. The topological polar surface area (TPSA) is 72.6 Å². The number of nitro groups is 1. The summed E-state index contributed by atoms with van der Waals surface area (Å²) >= 11 is 3.09. The molecule has 0 amide bonds. The molecule has 0 saturated heterocycles. The Morgan fingerprint density at radius 1 is 1.62 bits per heavy atom. The second-order valence-corrected chi connectivity index (χ2v) is 3.95. The Morgan fingerprint density at radius 2 is 2.31 bits per heavy atom. The summed E-state index contributed by atoms with van der Waals surface area (Å²) in [6.07, 6.45) is -0.681. The van der Waals surface area contributed by atoms with Crippen molar-refractivity contribution in [3.63, 3.8) is 0 Å². The number of benzene rings is 1. The van der Waals surface area contributed by atoms with Crippen LogP contribution >= 0.6 is 15.9 Å². The summed E-state index contributed by atoms with van der Waals surface area (Å²) in [5.74, 6) is 0.215. The van der Waals surface area contributed by atoms with Gasteiger partial charge < -0.3 is 9.84 Å². The molecule has 6 heteroatoms. The average molecular weight is 290 g/mol. The van der Waals surface area contributed by atoms with E-state index in [0.717, 1.165) is 0 Å². The van der Waals surface area contributed by atoms with Crippen LogP contribution in [0.5, 0.6) is 5.75 Å². The van der Waals surface area contributed by atoms with Crippen molar-refractivity contribution in [1.82, 2.24) is 0 Å². The highest BCUT2D eigenvalue weighted by Crippen LogP contribution is 2.30. The lowest BCUT2D eigenvalue weighted by Crippen LogP contribution is -2.19. The number of ether oxygens (including phenoxy) is 1. The van der Waals surface area contributed by atoms with E-state index in [-0.39, 0.29) is 18.0 Å². The number of aryl methyl sites for hydroxylation is 1. The van der Waals surface area contributed by atoms with Crippen LogP contribution in [0.1, 0.15) is 5.56 Å². The van der Waals surface area contributed by atoms with Crippen molar-refractivity contribution in [3.8, 4) is 5.75 Å². The van der Waals surface area contributed by atoms with E-state index >= 15 is 0 Å². The molecule has 1 rings (SSSR count). The Bertz CT molecular complexity index is 383. The number of alkyl halides is 1. The van der Waals surface area contributed by atoms with Gasteiger partial charge in [0.25, 0.3) is 0 Å². The Hall–Kier alpha value is -1.14. The van der Waals surface area contributed by atoms with Gasteiger partial charge in [-0.2, -0.15) is 0 Å². The molecule has 1 unspecified atom stereocenters. The van der Waals surface area contributed by atoms with E-state index in [4.69, 9.17) is 4.74 Å². The van der Waals surface area contributed by atoms with Crippen molar-refractivity contribution < 1.29 is 14.8 Å². The van der Waals surface area contributed by atoms with Gasteiger partial charge in [0.1, 0.15) is 6.61 Å². The van der Waals surface area contributed by atoms with Crippen molar-refractivity contribution in [2.75, 3.05) is 11.9 Å². The molecule has 0 aliphatic carbocycles. The van der Waals surface area contributed by atoms with E-state index in [9.17, 15) is 15.2 Å². The molecule has 0 saturated carbocycles. The molecule has 1 atom stereocenters. The van der Waals surface area contributed by atoms with Crippen LogP contribution in [0.3, 0.4) is 0 Å². The van der Waals surface area contributed by atoms with Gasteiger partial charge in [0.15, 0.2) is 5.75 Å². The predicted molar refractivity (Wildman–Crippen MR) is 63.1 cm³/mol. The summed E-state index contributed by atoms with van der Waals surface area (Å²) in [5.41, 5.74) is 0.595. The monoisotopic (exact) mass is 289 g/mol. The summed E-state index contributed by atoms with van der Waals surface area (Å²) in [7, 11) is 0. The molecular formula is C10H12BrNO4. The third-order valence-corrected chi connectivity index (χ3v) is 2.73. The number of rotatable bonds is 5. The largest absolute Gasteiger partial charge is 0.484 e.